The lowest BCUT2D eigenvalue weighted by Gasteiger charge is -2.29. The molecule has 1 atom stereocenters. The highest BCUT2D eigenvalue weighted by Crippen LogP contribution is 2.38. The van der Waals surface area contributed by atoms with Gasteiger partial charge in [-0.1, -0.05) is 61.0 Å². The summed E-state index contributed by atoms with van der Waals surface area (Å²) in [6.07, 6.45) is 3.91. The molecule has 1 nitrogen and oxygen atoms in total. The SMILES string of the molecule is CC(O)(c1ccccc1)c1cccc(C2CCC2)c1. The van der Waals surface area contributed by atoms with Crippen LogP contribution in [0.2, 0.25) is 0 Å². The highest BCUT2D eigenvalue weighted by Gasteiger charge is 2.27. The van der Waals surface area contributed by atoms with Crippen molar-refractivity contribution >= 4 is 0 Å². The summed E-state index contributed by atoms with van der Waals surface area (Å²) in [4.78, 5) is 0. The first kappa shape index (κ1) is 12.4. The van der Waals surface area contributed by atoms with Crippen LogP contribution in [0, 0.1) is 0 Å². The van der Waals surface area contributed by atoms with Gasteiger partial charge in [-0.2, -0.15) is 0 Å². The zero-order valence-corrected chi connectivity index (χ0v) is 11.3. The van der Waals surface area contributed by atoms with Gasteiger partial charge >= 0.3 is 0 Å². The molecule has 0 radical (unpaired) electrons. The molecule has 1 saturated carbocycles. The summed E-state index contributed by atoms with van der Waals surface area (Å²) in [7, 11) is 0. The number of benzene rings is 2. The van der Waals surface area contributed by atoms with Crippen LogP contribution in [0.3, 0.4) is 0 Å². The summed E-state index contributed by atoms with van der Waals surface area (Å²) in [5.74, 6) is 0.700. The third-order valence-electron chi connectivity index (χ3n) is 4.36. The van der Waals surface area contributed by atoms with Crippen LogP contribution in [0.1, 0.15) is 48.8 Å². The van der Waals surface area contributed by atoms with Crippen LogP contribution in [0.5, 0.6) is 0 Å². The Morgan fingerprint density at radius 3 is 2.26 bits per heavy atom. The third kappa shape index (κ3) is 2.31. The molecule has 1 fully saturated rings. The molecular formula is C18H20O. The lowest BCUT2D eigenvalue weighted by Crippen LogP contribution is -2.23. The molecule has 2 aromatic rings. The first-order valence-electron chi connectivity index (χ1n) is 7.06. The quantitative estimate of drug-likeness (QED) is 0.867. The molecule has 1 heteroatoms. The number of hydrogen-bond donors (Lipinski definition) is 1. The largest absolute Gasteiger partial charge is 0.381 e. The Morgan fingerprint density at radius 2 is 1.63 bits per heavy atom. The smallest absolute Gasteiger partial charge is 0.112 e. The molecule has 1 unspecified atom stereocenters. The molecule has 0 heterocycles. The zero-order chi connectivity index (χ0) is 13.3. The Hall–Kier alpha value is -1.60. The van der Waals surface area contributed by atoms with E-state index in [9.17, 15) is 5.11 Å². The molecule has 1 aliphatic rings. The van der Waals surface area contributed by atoms with E-state index in [1.54, 1.807) is 0 Å². The summed E-state index contributed by atoms with van der Waals surface area (Å²) in [6, 6.07) is 18.3. The topological polar surface area (TPSA) is 20.2 Å². The van der Waals surface area contributed by atoms with Crippen molar-refractivity contribution in [2.75, 3.05) is 0 Å². The van der Waals surface area contributed by atoms with Crippen LogP contribution in [-0.2, 0) is 5.60 Å². The van der Waals surface area contributed by atoms with E-state index in [0.29, 0.717) is 5.92 Å². The van der Waals surface area contributed by atoms with E-state index in [2.05, 4.69) is 18.2 Å². The van der Waals surface area contributed by atoms with E-state index in [1.807, 2.05) is 43.3 Å². The van der Waals surface area contributed by atoms with E-state index in [0.717, 1.165) is 11.1 Å². The summed E-state index contributed by atoms with van der Waals surface area (Å²) in [6.45, 7) is 1.88. The molecule has 19 heavy (non-hydrogen) atoms. The molecule has 2 aromatic carbocycles. The highest BCUT2D eigenvalue weighted by molar-refractivity contribution is 5.38. The Labute approximate surface area is 114 Å². The monoisotopic (exact) mass is 252 g/mol. The molecule has 0 bridgehead atoms. The normalized spacial score (nSPS) is 18.6. The van der Waals surface area contributed by atoms with Gasteiger partial charge in [-0.15, -0.1) is 0 Å². The van der Waals surface area contributed by atoms with Gasteiger partial charge in [0, 0.05) is 0 Å². The van der Waals surface area contributed by atoms with Gasteiger partial charge in [0.1, 0.15) is 5.60 Å². The van der Waals surface area contributed by atoms with Crippen LogP contribution >= 0.6 is 0 Å². The van der Waals surface area contributed by atoms with Gasteiger partial charge in [0.25, 0.3) is 0 Å². The molecule has 98 valence electrons. The van der Waals surface area contributed by atoms with E-state index in [-0.39, 0.29) is 0 Å². The van der Waals surface area contributed by atoms with Crippen LogP contribution in [0.15, 0.2) is 54.6 Å². The number of aliphatic hydroxyl groups is 1. The van der Waals surface area contributed by atoms with Crippen LogP contribution < -0.4 is 0 Å². The van der Waals surface area contributed by atoms with Crippen LogP contribution in [0.25, 0.3) is 0 Å². The van der Waals surface area contributed by atoms with Crippen molar-refractivity contribution in [2.24, 2.45) is 0 Å². The van der Waals surface area contributed by atoms with Crippen LogP contribution in [-0.4, -0.2) is 5.11 Å². The Morgan fingerprint density at radius 1 is 0.947 bits per heavy atom. The molecule has 1 aliphatic carbocycles. The fourth-order valence-electron chi connectivity index (χ4n) is 2.77. The predicted octanol–water partition coefficient (Wildman–Crippen LogP) is 4.21. The first-order chi connectivity index (χ1) is 9.18. The highest BCUT2D eigenvalue weighted by atomic mass is 16.3. The van der Waals surface area contributed by atoms with Gasteiger partial charge in [-0.25, -0.2) is 0 Å². The molecule has 3 rings (SSSR count). The summed E-state index contributed by atoms with van der Waals surface area (Å²) in [5, 5.41) is 10.9. The maximum atomic E-state index is 10.9. The Kier molecular flexibility index (Phi) is 3.16. The molecule has 1 N–H and O–H groups in total. The summed E-state index contributed by atoms with van der Waals surface area (Å²) >= 11 is 0. The van der Waals surface area contributed by atoms with Crippen LogP contribution in [0.4, 0.5) is 0 Å². The molecular weight excluding hydrogens is 232 g/mol. The minimum atomic E-state index is -0.916. The second-order valence-corrected chi connectivity index (χ2v) is 5.69. The van der Waals surface area contributed by atoms with Gasteiger partial charge in [-0.05, 0) is 42.4 Å². The third-order valence-corrected chi connectivity index (χ3v) is 4.36. The van der Waals surface area contributed by atoms with E-state index < -0.39 is 5.60 Å². The van der Waals surface area contributed by atoms with Gasteiger partial charge in [0.2, 0.25) is 0 Å². The maximum Gasteiger partial charge on any atom is 0.112 e. The Balaban J connectivity index is 1.96. The Bertz CT molecular complexity index is 553. The van der Waals surface area contributed by atoms with Crippen molar-refractivity contribution in [1.82, 2.24) is 0 Å². The molecule has 0 aliphatic heterocycles. The summed E-state index contributed by atoms with van der Waals surface area (Å²) in [5.41, 5.74) is 2.39. The van der Waals surface area contributed by atoms with Crippen molar-refractivity contribution in [1.29, 1.82) is 0 Å². The van der Waals surface area contributed by atoms with Gasteiger partial charge in [-0.3, -0.25) is 0 Å². The lowest BCUT2D eigenvalue weighted by molar-refractivity contribution is 0.102. The molecule has 0 amide bonds. The predicted molar refractivity (Wildman–Crippen MR) is 78.1 cm³/mol. The molecule has 0 saturated heterocycles. The zero-order valence-electron chi connectivity index (χ0n) is 11.3. The van der Waals surface area contributed by atoms with Gasteiger partial charge < -0.3 is 5.11 Å². The van der Waals surface area contributed by atoms with E-state index in [1.165, 1.54) is 24.8 Å². The van der Waals surface area contributed by atoms with Gasteiger partial charge in [0.15, 0.2) is 0 Å². The fourth-order valence-corrected chi connectivity index (χ4v) is 2.77. The minimum Gasteiger partial charge on any atom is -0.381 e. The summed E-state index contributed by atoms with van der Waals surface area (Å²) < 4.78 is 0. The lowest BCUT2D eigenvalue weighted by atomic mass is 9.78. The second-order valence-electron chi connectivity index (χ2n) is 5.69. The standard InChI is InChI=1S/C18H20O/c1-18(19,16-10-3-2-4-11-16)17-12-6-9-15(13-17)14-7-5-8-14/h2-4,6,9-14,19H,5,7-8H2,1H3. The van der Waals surface area contributed by atoms with E-state index >= 15 is 0 Å². The number of hydrogen-bond acceptors (Lipinski definition) is 1. The van der Waals surface area contributed by atoms with Crippen molar-refractivity contribution in [2.45, 2.75) is 37.7 Å². The number of rotatable bonds is 3. The van der Waals surface area contributed by atoms with Crippen molar-refractivity contribution < 1.29 is 5.11 Å². The van der Waals surface area contributed by atoms with E-state index in [4.69, 9.17) is 0 Å². The molecule has 0 aromatic heterocycles. The van der Waals surface area contributed by atoms with Crippen molar-refractivity contribution in [3.8, 4) is 0 Å². The maximum absolute atomic E-state index is 10.9. The minimum absolute atomic E-state index is 0.700. The van der Waals surface area contributed by atoms with Crippen molar-refractivity contribution in [3.63, 3.8) is 0 Å². The average molecular weight is 252 g/mol. The molecule has 0 spiro atoms. The van der Waals surface area contributed by atoms with Crippen molar-refractivity contribution in [3.05, 3.63) is 71.3 Å². The average Bonchev–Trinajstić information content (AvgIpc) is 2.38. The first-order valence-corrected chi connectivity index (χ1v) is 7.06. The van der Waals surface area contributed by atoms with Gasteiger partial charge in [0.05, 0.1) is 0 Å². The fraction of sp³-hybridized carbons (Fsp3) is 0.333. The second kappa shape index (κ2) is 4.82.